The van der Waals surface area contributed by atoms with E-state index in [-0.39, 0.29) is 6.54 Å². The Kier molecular flexibility index (Phi) is 8.39. The van der Waals surface area contributed by atoms with E-state index in [0.717, 1.165) is 61.0 Å². The minimum Gasteiger partial charge on any atom is -0.480 e. The van der Waals surface area contributed by atoms with Gasteiger partial charge in [0, 0.05) is 10.9 Å². The molecule has 0 spiro atoms. The summed E-state index contributed by atoms with van der Waals surface area (Å²) in [6.45, 7) is 3.42. The molecule has 0 saturated carbocycles. The van der Waals surface area contributed by atoms with E-state index in [4.69, 9.17) is 16.7 Å². The van der Waals surface area contributed by atoms with Gasteiger partial charge >= 0.3 is 5.97 Å². The summed E-state index contributed by atoms with van der Waals surface area (Å²) >= 11 is 8.00. The van der Waals surface area contributed by atoms with Crippen LogP contribution in [0.15, 0.2) is 29.2 Å². The highest BCUT2D eigenvalue weighted by Crippen LogP contribution is 2.27. The lowest BCUT2D eigenvalue weighted by Gasteiger charge is -2.25. The molecule has 4 nitrogen and oxygen atoms in total. The van der Waals surface area contributed by atoms with Crippen molar-refractivity contribution < 1.29 is 9.90 Å². The minimum atomic E-state index is -0.741. The summed E-state index contributed by atoms with van der Waals surface area (Å²) in [4.78, 5) is 16.5. The van der Waals surface area contributed by atoms with Crippen LogP contribution >= 0.6 is 23.4 Å². The van der Waals surface area contributed by atoms with Crippen molar-refractivity contribution in [2.24, 2.45) is 0 Å². The van der Waals surface area contributed by atoms with Gasteiger partial charge < -0.3 is 10.0 Å². The van der Waals surface area contributed by atoms with Crippen molar-refractivity contribution in [3.8, 4) is 0 Å². The predicted molar refractivity (Wildman–Crippen MR) is 101 cm³/mol. The molecule has 1 unspecified atom stereocenters. The first-order valence-electron chi connectivity index (χ1n) is 8.58. The number of thioether (sulfide) groups is 1. The zero-order valence-electron chi connectivity index (χ0n) is 14.3. The summed E-state index contributed by atoms with van der Waals surface area (Å²) in [7, 11) is 1.93. The number of carbonyl (C=O) groups is 1. The van der Waals surface area contributed by atoms with Gasteiger partial charge in [0.15, 0.2) is 0 Å². The fourth-order valence-corrected chi connectivity index (χ4v) is 4.35. The van der Waals surface area contributed by atoms with E-state index in [0.29, 0.717) is 6.04 Å². The molecule has 0 radical (unpaired) electrons. The van der Waals surface area contributed by atoms with E-state index in [1.54, 1.807) is 0 Å². The molecule has 1 aromatic rings. The number of hydrogen-bond donors (Lipinski definition) is 1. The third kappa shape index (κ3) is 6.63. The molecule has 24 heavy (non-hydrogen) atoms. The van der Waals surface area contributed by atoms with Gasteiger partial charge in [0.25, 0.3) is 0 Å². The van der Waals surface area contributed by atoms with Crippen LogP contribution in [0.3, 0.4) is 0 Å². The van der Waals surface area contributed by atoms with Crippen LogP contribution < -0.4 is 0 Å². The molecule has 0 bridgehead atoms. The quantitative estimate of drug-likeness (QED) is 0.558. The Labute approximate surface area is 154 Å². The number of aliphatic carboxylic acids is 1. The van der Waals surface area contributed by atoms with Gasteiger partial charge in [0.2, 0.25) is 0 Å². The highest BCUT2D eigenvalue weighted by atomic mass is 35.5. The average Bonchev–Trinajstić information content (AvgIpc) is 2.78. The summed E-state index contributed by atoms with van der Waals surface area (Å²) in [5.41, 5.74) is 0. The molecule has 6 heteroatoms. The van der Waals surface area contributed by atoms with Gasteiger partial charge in [0.05, 0.1) is 11.6 Å². The number of likely N-dealkylation sites (tertiary alicyclic amines) is 1. The number of rotatable bonds is 8. The number of halogens is 1. The number of hydrogen-bond acceptors (Lipinski definition) is 4. The summed E-state index contributed by atoms with van der Waals surface area (Å²) in [5.74, 6) is 0.331. The zero-order valence-corrected chi connectivity index (χ0v) is 15.9. The summed E-state index contributed by atoms with van der Waals surface area (Å²) in [5, 5.41) is 9.76. The molecule has 1 aliphatic rings. The SMILES string of the molecule is CN(CC(=O)O)C1CCCN(CCCSc2ccccc2Cl)CC1. The van der Waals surface area contributed by atoms with E-state index in [1.807, 2.05) is 41.9 Å². The largest absolute Gasteiger partial charge is 0.480 e. The molecule has 1 N–H and O–H groups in total. The molecule has 1 fully saturated rings. The van der Waals surface area contributed by atoms with E-state index in [9.17, 15) is 4.79 Å². The van der Waals surface area contributed by atoms with Gasteiger partial charge in [-0.3, -0.25) is 9.69 Å². The highest BCUT2D eigenvalue weighted by molar-refractivity contribution is 7.99. The van der Waals surface area contributed by atoms with Gasteiger partial charge in [-0.25, -0.2) is 0 Å². The normalized spacial score (nSPS) is 19.4. The monoisotopic (exact) mass is 370 g/mol. The summed E-state index contributed by atoms with van der Waals surface area (Å²) in [6.07, 6.45) is 4.44. The molecule has 2 rings (SSSR count). The maximum absolute atomic E-state index is 10.9. The Balaban J connectivity index is 1.67. The summed E-state index contributed by atoms with van der Waals surface area (Å²) < 4.78 is 0. The first kappa shape index (κ1) is 19.6. The second kappa shape index (κ2) is 10.3. The molecule has 1 heterocycles. The number of likely N-dealkylation sites (N-methyl/N-ethyl adjacent to an activating group) is 1. The standard InChI is InChI=1S/C18H27ClN2O2S/c1-20(14-18(22)23)15-6-4-10-21(12-9-15)11-5-13-24-17-8-3-2-7-16(17)19/h2-3,7-8,15H,4-6,9-14H2,1H3,(H,22,23). The number of benzene rings is 1. The molecule has 1 saturated heterocycles. The van der Waals surface area contributed by atoms with Gasteiger partial charge in [0.1, 0.15) is 0 Å². The topological polar surface area (TPSA) is 43.8 Å². The fraction of sp³-hybridized carbons (Fsp3) is 0.611. The van der Waals surface area contributed by atoms with Crippen LogP contribution in [0.2, 0.25) is 5.02 Å². The summed E-state index contributed by atoms with van der Waals surface area (Å²) in [6, 6.07) is 8.38. The predicted octanol–water partition coefficient (Wildman–Crippen LogP) is 3.69. The molecular weight excluding hydrogens is 344 g/mol. The second-order valence-corrected chi connectivity index (χ2v) is 7.91. The van der Waals surface area contributed by atoms with Crippen LogP contribution in [0.5, 0.6) is 0 Å². The third-order valence-electron chi connectivity index (χ3n) is 4.51. The van der Waals surface area contributed by atoms with E-state index in [1.165, 1.54) is 0 Å². The molecule has 0 aromatic heterocycles. The van der Waals surface area contributed by atoms with Crippen LogP contribution in [0.4, 0.5) is 0 Å². The lowest BCUT2D eigenvalue weighted by Crippen LogP contribution is -2.36. The van der Waals surface area contributed by atoms with Crippen molar-refractivity contribution in [1.82, 2.24) is 9.80 Å². The number of carboxylic acid groups (broad SMARTS) is 1. The Morgan fingerprint density at radius 2 is 2.17 bits per heavy atom. The Hall–Kier alpha value is -0.750. The Morgan fingerprint density at radius 3 is 2.92 bits per heavy atom. The maximum atomic E-state index is 10.9. The van der Waals surface area contributed by atoms with Gasteiger partial charge in [-0.05, 0) is 70.3 Å². The number of nitrogens with zero attached hydrogens (tertiary/aromatic N) is 2. The lowest BCUT2D eigenvalue weighted by atomic mass is 10.1. The molecule has 0 aliphatic carbocycles. The average molecular weight is 371 g/mol. The third-order valence-corrected chi connectivity index (χ3v) is 6.11. The van der Waals surface area contributed by atoms with Gasteiger partial charge in [-0.1, -0.05) is 23.7 Å². The van der Waals surface area contributed by atoms with E-state index < -0.39 is 5.97 Å². The van der Waals surface area contributed by atoms with Crippen LogP contribution in [0.1, 0.15) is 25.7 Å². The first-order chi connectivity index (χ1) is 11.6. The van der Waals surface area contributed by atoms with Crippen LogP contribution in [0, 0.1) is 0 Å². The number of carboxylic acids is 1. The smallest absolute Gasteiger partial charge is 0.317 e. The second-order valence-electron chi connectivity index (χ2n) is 6.37. The van der Waals surface area contributed by atoms with Crippen molar-refractivity contribution in [2.45, 2.75) is 36.6 Å². The van der Waals surface area contributed by atoms with E-state index in [2.05, 4.69) is 11.0 Å². The Morgan fingerprint density at radius 1 is 1.38 bits per heavy atom. The van der Waals surface area contributed by atoms with Gasteiger partial charge in [-0.2, -0.15) is 0 Å². The first-order valence-corrected chi connectivity index (χ1v) is 9.94. The molecular formula is C18H27ClN2O2S. The molecule has 1 atom stereocenters. The molecule has 134 valence electrons. The van der Waals surface area contributed by atoms with Crippen molar-refractivity contribution in [3.63, 3.8) is 0 Å². The molecule has 1 aliphatic heterocycles. The van der Waals surface area contributed by atoms with Crippen molar-refractivity contribution in [1.29, 1.82) is 0 Å². The van der Waals surface area contributed by atoms with Crippen molar-refractivity contribution in [2.75, 3.05) is 39.0 Å². The van der Waals surface area contributed by atoms with Crippen LogP contribution in [-0.4, -0.2) is 65.9 Å². The minimum absolute atomic E-state index is 0.138. The highest BCUT2D eigenvalue weighted by Gasteiger charge is 2.21. The Bertz CT molecular complexity index is 529. The van der Waals surface area contributed by atoms with Crippen LogP contribution in [-0.2, 0) is 4.79 Å². The van der Waals surface area contributed by atoms with Gasteiger partial charge in [-0.15, -0.1) is 11.8 Å². The lowest BCUT2D eigenvalue weighted by molar-refractivity contribution is -0.138. The zero-order chi connectivity index (χ0) is 17.4. The van der Waals surface area contributed by atoms with Crippen molar-refractivity contribution in [3.05, 3.63) is 29.3 Å². The fourth-order valence-electron chi connectivity index (χ4n) is 3.18. The van der Waals surface area contributed by atoms with E-state index >= 15 is 0 Å². The van der Waals surface area contributed by atoms with Crippen molar-refractivity contribution >= 4 is 29.3 Å². The maximum Gasteiger partial charge on any atom is 0.317 e. The molecule has 0 amide bonds. The van der Waals surface area contributed by atoms with Crippen LogP contribution in [0.25, 0.3) is 0 Å². The molecule has 1 aromatic carbocycles.